The number of carbonyl (C=O) groups excluding carboxylic acids is 2. The molecule has 5 heteroatoms. The Labute approximate surface area is 135 Å². The average molecular weight is 313 g/mol. The van der Waals surface area contributed by atoms with E-state index in [0.717, 1.165) is 16.9 Å². The van der Waals surface area contributed by atoms with Crippen LogP contribution in [0.4, 0.5) is 0 Å². The summed E-state index contributed by atoms with van der Waals surface area (Å²) in [5.41, 5.74) is 2.32. The molecule has 1 amide bonds. The third-order valence-electron chi connectivity index (χ3n) is 3.39. The van der Waals surface area contributed by atoms with Gasteiger partial charge in [-0.25, -0.2) is 4.79 Å². The Hall–Kier alpha value is -2.82. The second-order valence-electron chi connectivity index (χ2n) is 4.99. The normalized spacial score (nSPS) is 10.0. The number of carbonyl (C=O) groups is 2. The minimum absolute atomic E-state index is 0.0628. The quantitative estimate of drug-likeness (QED) is 0.831. The maximum Gasteiger partial charge on any atom is 0.337 e. The van der Waals surface area contributed by atoms with Crippen molar-refractivity contribution in [2.24, 2.45) is 0 Å². The van der Waals surface area contributed by atoms with E-state index < -0.39 is 0 Å². The van der Waals surface area contributed by atoms with Gasteiger partial charge in [-0.2, -0.15) is 0 Å². The average Bonchev–Trinajstić information content (AvgIpc) is 2.60. The third-order valence-corrected chi connectivity index (χ3v) is 3.39. The van der Waals surface area contributed by atoms with E-state index in [4.69, 9.17) is 4.74 Å². The van der Waals surface area contributed by atoms with Crippen LogP contribution in [0.15, 0.2) is 48.5 Å². The van der Waals surface area contributed by atoms with Gasteiger partial charge in [0.05, 0.1) is 26.2 Å². The van der Waals surface area contributed by atoms with Gasteiger partial charge in [-0.1, -0.05) is 24.3 Å². The molecule has 0 aliphatic carbocycles. The Morgan fingerprint density at radius 3 is 2.09 bits per heavy atom. The molecular formula is C18H19NO4. The molecule has 2 rings (SSSR count). The molecule has 0 unspecified atom stereocenters. The maximum atomic E-state index is 11.9. The summed E-state index contributed by atoms with van der Waals surface area (Å²) in [6.45, 7) is 0.413. The fraction of sp³-hybridized carbons (Fsp3) is 0.222. The molecule has 2 aromatic carbocycles. The zero-order valence-corrected chi connectivity index (χ0v) is 13.2. The summed E-state index contributed by atoms with van der Waals surface area (Å²) in [7, 11) is 2.95. The number of nitrogens with one attached hydrogen (secondary N) is 1. The van der Waals surface area contributed by atoms with E-state index in [1.54, 1.807) is 31.4 Å². The fourth-order valence-corrected chi connectivity index (χ4v) is 2.07. The number of amides is 1. The molecule has 0 atom stereocenters. The summed E-state index contributed by atoms with van der Waals surface area (Å²) in [5, 5.41) is 2.85. The maximum absolute atomic E-state index is 11.9. The zero-order chi connectivity index (χ0) is 16.7. The van der Waals surface area contributed by atoms with Crippen LogP contribution in [0, 0.1) is 0 Å². The van der Waals surface area contributed by atoms with E-state index in [0.29, 0.717) is 18.5 Å². The number of benzene rings is 2. The monoisotopic (exact) mass is 313 g/mol. The summed E-state index contributed by atoms with van der Waals surface area (Å²) in [5.74, 6) is 0.326. The molecule has 120 valence electrons. The molecule has 0 spiro atoms. The lowest BCUT2D eigenvalue weighted by Gasteiger charge is -2.07. The minimum atomic E-state index is -0.375. The summed E-state index contributed by atoms with van der Waals surface area (Å²) in [4.78, 5) is 23.3. The van der Waals surface area contributed by atoms with Gasteiger partial charge in [-0.15, -0.1) is 0 Å². The third kappa shape index (κ3) is 4.85. The summed E-state index contributed by atoms with van der Waals surface area (Å²) in [6.07, 6.45) is 0.310. The molecule has 2 aromatic rings. The lowest BCUT2D eigenvalue weighted by molar-refractivity contribution is -0.120. The van der Waals surface area contributed by atoms with Crippen LogP contribution in [0.1, 0.15) is 21.5 Å². The van der Waals surface area contributed by atoms with E-state index in [9.17, 15) is 9.59 Å². The number of ether oxygens (including phenoxy) is 2. The Morgan fingerprint density at radius 2 is 1.52 bits per heavy atom. The van der Waals surface area contributed by atoms with Gasteiger partial charge in [0.25, 0.3) is 0 Å². The fourth-order valence-electron chi connectivity index (χ4n) is 2.07. The summed E-state index contributed by atoms with van der Waals surface area (Å²) >= 11 is 0. The highest BCUT2D eigenvalue weighted by Gasteiger charge is 2.06. The van der Waals surface area contributed by atoms with Gasteiger partial charge in [-0.05, 0) is 35.4 Å². The largest absolute Gasteiger partial charge is 0.497 e. The molecule has 0 saturated carbocycles. The number of rotatable bonds is 6. The topological polar surface area (TPSA) is 64.6 Å². The molecule has 5 nitrogen and oxygen atoms in total. The Balaban J connectivity index is 1.84. The number of esters is 1. The minimum Gasteiger partial charge on any atom is -0.497 e. The highest BCUT2D eigenvalue weighted by molar-refractivity contribution is 5.89. The van der Waals surface area contributed by atoms with Crippen molar-refractivity contribution in [3.05, 3.63) is 65.2 Å². The molecule has 23 heavy (non-hydrogen) atoms. The molecule has 0 aromatic heterocycles. The van der Waals surface area contributed by atoms with Crippen molar-refractivity contribution in [1.29, 1.82) is 0 Å². The van der Waals surface area contributed by atoms with Gasteiger partial charge >= 0.3 is 5.97 Å². The summed E-state index contributed by atoms with van der Waals surface area (Å²) < 4.78 is 9.72. The standard InChI is InChI=1S/C18H19NO4/c1-22-16-9-5-13(6-10-16)11-17(20)19-12-14-3-7-15(8-4-14)18(21)23-2/h3-10H,11-12H2,1-2H3,(H,19,20). The molecule has 0 fully saturated rings. The van der Waals surface area contributed by atoms with Crippen LogP contribution in [-0.2, 0) is 22.5 Å². The van der Waals surface area contributed by atoms with Crippen LogP contribution < -0.4 is 10.1 Å². The second-order valence-corrected chi connectivity index (χ2v) is 4.99. The number of hydrogen-bond donors (Lipinski definition) is 1. The molecule has 0 heterocycles. The van der Waals surface area contributed by atoms with Crippen LogP contribution in [0.25, 0.3) is 0 Å². The van der Waals surface area contributed by atoms with Crippen LogP contribution in [0.5, 0.6) is 5.75 Å². The predicted octanol–water partition coefficient (Wildman–Crippen LogP) is 2.34. The van der Waals surface area contributed by atoms with Crippen LogP contribution in [0.2, 0.25) is 0 Å². The van der Waals surface area contributed by atoms with E-state index in [2.05, 4.69) is 10.1 Å². The van der Waals surface area contributed by atoms with Crippen molar-refractivity contribution in [1.82, 2.24) is 5.32 Å². The van der Waals surface area contributed by atoms with Gasteiger partial charge in [0, 0.05) is 6.54 Å². The molecule has 0 saturated heterocycles. The van der Waals surface area contributed by atoms with Crippen molar-refractivity contribution in [3.8, 4) is 5.75 Å². The first-order chi connectivity index (χ1) is 11.1. The van der Waals surface area contributed by atoms with Crippen LogP contribution in [-0.4, -0.2) is 26.1 Å². The van der Waals surface area contributed by atoms with Gasteiger partial charge in [-0.3, -0.25) is 4.79 Å². The van der Waals surface area contributed by atoms with E-state index in [1.165, 1.54) is 7.11 Å². The van der Waals surface area contributed by atoms with Crippen molar-refractivity contribution in [2.75, 3.05) is 14.2 Å². The SMILES string of the molecule is COC(=O)c1ccc(CNC(=O)Cc2ccc(OC)cc2)cc1. The molecule has 0 bridgehead atoms. The summed E-state index contributed by atoms with van der Waals surface area (Å²) in [6, 6.07) is 14.3. The molecule has 0 radical (unpaired) electrons. The van der Waals surface area contributed by atoms with Crippen molar-refractivity contribution >= 4 is 11.9 Å². The molecular weight excluding hydrogens is 294 g/mol. The first kappa shape index (κ1) is 16.5. The highest BCUT2D eigenvalue weighted by Crippen LogP contribution is 2.11. The first-order valence-corrected chi connectivity index (χ1v) is 7.19. The smallest absolute Gasteiger partial charge is 0.337 e. The first-order valence-electron chi connectivity index (χ1n) is 7.19. The van der Waals surface area contributed by atoms with Crippen molar-refractivity contribution < 1.29 is 19.1 Å². The van der Waals surface area contributed by atoms with E-state index >= 15 is 0 Å². The Morgan fingerprint density at radius 1 is 0.913 bits per heavy atom. The van der Waals surface area contributed by atoms with E-state index in [1.807, 2.05) is 24.3 Å². The van der Waals surface area contributed by atoms with Gasteiger partial charge in [0.2, 0.25) is 5.91 Å². The zero-order valence-electron chi connectivity index (χ0n) is 13.2. The number of methoxy groups -OCH3 is 2. The molecule has 1 N–H and O–H groups in total. The van der Waals surface area contributed by atoms with Crippen molar-refractivity contribution in [3.63, 3.8) is 0 Å². The lowest BCUT2D eigenvalue weighted by Crippen LogP contribution is -2.24. The number of hydrogen-bond acceptors (Lipinski definition) is 4. The van der Waals surface area contributed by atoms with Crippen LogP contribution in [0.3, 0.4) is 0 Å². The highest BCUT2D eigenvalue weighted by atomic mass is 16.5. The van der Waals surface area contributed by atoms with Gasteiger partial charge in [0.15, 0.2) is 0 Å². The van der Waals surface area contributed by atoms with Crippen LogP contribution >= 0.6 is 0 Å². The molecule has 0 aliphatic heterocycles. The lowest BCUT2D eigenvalue weighted by atomic mass is 10.1. The van der Waals surface area contributed by atoms with Gasteiger partial charge in [0.1, 0.15) is 5.75 Å². The Kier molecular flexibility index (Phi) is 5.74. The Bertz CT molecular complexity index is 662. The van der Waals surface area contributed by atoms with E-state index in [-0.39, 0.29) is 11.9 Å². The predicted molar refractivity (Wildman–Crippen MR) is 86.3 cm³/mol. The van der Waals surface area contributed by atoms with Gasteiger partial charge < -0.3 is 14.8 Å². The second kappa shape index (κ2) is 7.98. The van der Waals surface area contributed by atoms with Crippen molar-refractivity contribution in [2.45, 2.75) is 13.0 Å². The molecule has 0 aliphatic rings.